The van der Waals surface area contributed by atoms with Crippen molar-refractivity contribution in [3.05, 3.63) is 53.6 Å². The summed E-state index contributed by atoms with van der Waals surface area (Å²) in [5, 5.41) is 0. The quantitative estimate of drug-likeness (QED) is 0.251. The van der Waals surface area contributed by atoms with Crippen LogP contribution < -0.4 is 72.2 Å². The van der Waals surface area contributed by atoms with Gasteiger partial charge in [-0.15, -0.1) is 0 Å². The standard InChI is InChI=1S/C15H14O9S2.2Na/c16-25(17,18)23-13-4-1-10(2-5-13)12-7-11-3-6-14(24-26(19,20)21)8-15(11)22-9-12;;/h1-6,8,12H,7,9H2,(H,16,17,18)(H,19,20,21);;/q;2*+1/p-2. The minimum Gasteiger partial charge on any atom is -0.716 e. The van der Waals surface area contributed by atoms with Gasteiger partial charge in [-0.25, -0.2) is 16.8 Å². The van der Waals surface area contributed by atoms with Crippen molar-refractivity contribution in [2.24, 2.45) is 0 Å². The predicted octanol–water partition coefficient (Wildman–Crippen LogP) is -4.91. The Bertz CT molecular complexity index is 1020. The van der Waals surface area contributed by atoms with Crippen molar-refractivity contribution >= 4 is 20.8 Å². The molecule has 0 amide bonds. The van der Waals surface area contributed by atoms with Crippen LogP contribution in [-0.2, 0) is 27.2 Å². The molecular weight excluding hydrogens is 434 g/mol. The van der Waals surface area contributed by atoms with E-state index in [-0.39, 0.29) is 83.1 Å². The van der Waals surface area contributed by atoms with Crippen molar-refractivity contribution in [1.29, 1.82) is 0 Å². The predicted molar refractivity (Wildman–Crippen MR) is 85.5 cm³/mol. The second-order valence-electron chi connectivity index (χ2n) is 5.53. The van der Waals surface area contributed by atoms with Crippen molar-refractivity contribution in [2.75, 3.05) is 6.61 Å². The van der Waals surface area contributed by atoms with Crippen LogP contribution in [0.4, 0.5) is 0 Å². The third-order valence-electron chi connectivity index (χ3n) is 3.69. The van der Waals surface area contributed by atoms with Gasteiger partial charge in [-0.1, -0.05) is 18.2 Å². The summed E-state index contributed by atoms with van der Waals surface area (Å²) in [4.78, 5) is 0. The summed E-state index contributed by atoms with van der Waals surface area (Å²) < 4.78 is 77.8. The third-order valence-corrected chi connectivity index (χ3v) is 4.49. The van der Waals surface area contributed by atoms with Gasteiger partial charge in [0.2, 0.25) is 0 Å². The molecule has 0 saturated carbocycles. The van der Waals surface area contributed by atoms with Crippen LogP contribution in [0.1, 0.15) is 17.0 Å². The molecule has 2 aromatic carbocycles. The van der Waals surface area contributed by atoms with Gasteiger partial charge >= 0.3 is 59.1 Å². The minimum atomic E-state index is -4.86. The van der Waals surface area contributed by atoms with Crippen LogP contribution in [0.2, 0.25) is 0 Å². The maximum atomic E-state index is 10.6. The Morgan fingerprint density at radius 2 is 1.39 bits per heavy atom. The molecule has 1 atom stereocenters. The van der Waals surface area contributed by atoms with Gasteiger partial charge in [-0.3, -0.25) is 0 Å². The van der Waals surface area contributed by atoms with Crippen LogP contribution in [0.5, 0.6) is 17.2 Å². The van der Waals surface area contributed by atoms with Crippen molar-refractivity contribution in [3.63, 3.8) is 0 Å². The first kappa shape index (κ1) is 25.7. The Morgan fingerprint density at radius 1 is 0.857 bits per heavy atom. The molecule has 1 unspecified atom stereocenters. The number of hydrogen-bond donors (Lipinski definition) is 0. The Hall–Kier alpha value is -0.340. The first-order valence-corrected chi connectivity index (χ1v) is 9.92. The average Bonchev–Trinajstić information content (AvgIpc) is 2.52. The van der Waals surface area contributed by atoms with E-state index in [9.17, 15) is 25.9 Å². The van der Waals surface area contributed by atoms with Gasteiger partial charge in [0.1, 0.15) is 17.2 Å². The van der Waals surface area contributed by atoms with Crippen LogP contribution in [0.3, 0.4) is 0 Å². The molecule has 0 aliphatic carbocycles. The van der Waals surface area contributed by atoms with Gasteiger partial charge in [0.05, 0.1) is 6.61 Å². The summed E-state index contributed by atoms with van der Waals surface area (Å²) in [5.41, 5.74) is 1.63. The monoisotopic (exact) mass is 446 g/mol. The molecular formula is C15H12Na2O9S2. The fourth-order valence-electron chi connectivity index (χ4n) is 2.65. The van der Waals surface area contributed by atoms with E-state index in [1.165, 1.54) is 24.3 Å². The third kappa shape index (κ3) is 7.48. The molecule has 0 aromatic heterocycles. The Labute approximate surface area is 206 Å². The molecule has 0 spiro atoms. The van der Waals surface area contributed by atoms with E-state index in [4.69, 9.17) is 4.74 Å². The molecule has 1 aliphatic rings. The Balaban J connectivity index is 0.00000196. The van der Waals surface area contributed by atoms with E-state index in [0.29, 0.717) is 12.2 Å². The molecule has 2 aromatic rings. The summed E-state index contributed by atoms with van der Waals surface area (Å²) >= 11 is 0. The van der Waals surface area contributed by atoms with Crippen LogP contribution >= 0.6 is 0 Å². The van der Waals surface area contributed by atoms with Crippen molar-refractivity contribution in [2.45, 2.75) is 12.3 Å². The second-order valence-corrected chi connectivity index (χ2v) is 7.50. The van der Waals surface area contributed by atoms with Crippen molar-refractivity contribution < 1.29 is 98.2 Å². The molecule has 9 nitrogen and oxygen atoms in total. The molecule has 13 heteroatoms. The summed E-state index contributed by atoms with van der Waals surface area (Å²) in [6.45, 7) is 0.278. The van der Waals surface area contributed by atoms with Crippen LogP contribution in [0, 0.1) is 0 Å². The zero-order chi connectivity index (χ0) is 18.9. The largest absolute Gasteiger partial charge is 1.00 e. The molecule has 0 bridgehead atoms. The molecule has 28 heavy (non-hydrogen) atoms. The number of benzene rings is 2. The van der Waals surface area contributed by atoms with Gasteiger partial charge in [0.25, 0.3) is 20.8 Å². The van der Waals surface area contributed by atoms with E-state index in [2.05, 4.69) is 8.37 Å². The van der Waals surface area contributed by atoms with Gasteiger partial charge in [0.15, 0.2) is 0 Å². The normalized spacial score (nSPS) is 15.9. The maximum absolute atomic E-state index is 10.6. The zero-order valence-electron chi connectivity index (χ0n) is 15.0. The minimum absolute atomic E-state index is 0. The van der Waals surface area contributed by atoms with E-state index >= 15 is 0 Å². The number of hydrogen-bond acceptors (Lipinski definition) is 9. The average molecular weight is 446 g/mol. The molecule has 1 heterocycles. The van der Waals surface area contributed by atoms with Gasteiger partial charge in [-0.2, -0.15) is 0 Å². The smallest absolute Gasteiger partial charge is 0.716 e. The molecule has 1 aliphatic heterocycles. The van der Waals surface area contributed by atoms with Crippen LogP contribution in [-0.4, -0.2) is 32.5 Å². The maximum Gasteiger partial charge on any atom is 1.00 e. The van der Waals surface area contributed by atoms with Crippen molar-refractivity contribution in [3.8, 4) is 17.2 Å². The van der Waals surface area contributed by atoms with Gasteiger partial charge in [0, 0.05) is 12.0 Å². The van der Waals surface area contributed by atoms with Crippen LogP contribution in [0.25, 0.3) is 0 Å². The van der Waals surface area contributed by atoms with Crippen molar-refractivity contribution in [1.82, 2.24) is 0 Å². The van der Waals surface area contributed by atoms with E-state index in [0.717, 1.165) is 11.1 Å². The van der Waals surface area contributed by atoms with Gasteiger partial charge in [-0.05, 0) is 35.7 Å². The fourth-order valence-corrected chi connectivity index (χ4v) is 3.34. The summed E-state index contributed by atoms with van der Waals surface area (Å²) in [6.07, 6.45) is 0.569. The first-order chi connectivity index (χ1) is 12.1. The SMILES string of the molecule is O=S(=O)([O-])Oc1ccc(C2COc3cc(OS(=O)(=O)[O-])ccc3C2)cc1.[Na+].[Na+]. The van der Waals surface area contributed by atoms with Crippen LogP contribution in [0.15, 0.2) is 42.5 Å². The molecule has 0 radical (unpaired) electrons. The van der Waals surface area contributed by atoms with E-state index in [1.807, 2.05) is 0 Å². The summed E-state index contributed by atoms with van der Waals surface area (Å²) in [7, 11) is -9.68. The molecule has 0 fully saturated rings. The Kier molecular flexibility index (Phi) is 9.28. The number of fused-ring (bicyclic) bond motifs is 1. The summed E-state index contributed by atoms with van der Waals surface area (Å²) in [6, 6.07) is 10.3. The zero-order valence-corrected chi connectivity index (χ0v) is 20.7. The Morgan fingerprint density at radius 3 is 1.96 bits per heavy atom. The summed E-state index contributed by atoms with van der Waals surface area (Å²) in [5.74, 6) is 0.161. The van der Waals surface area contributed by atoms with E-state index < -0.39 is 20.8 Å². The molecule has 3 rings (SSSR count). The molecule has 0 saturated heterocycles. The first-order valence-electron chi connectivity index (χ1n) is 7.25. The number of rotatable bonds is 5. The van der Waals surface area contributed by atoms with Gasteiger partial charge < -0.3 is 22.2 Å². The van der Waals surface area contributed by atoms with E-state index in [1.54, 1.807) is 18.2 Å². The molecule has 140 valence electrons. The second kappa shape index (κ2) is 10.1. The fraction of sp³-hybridized carbons (Fsp3) is 0.200. The molecule has 0 N–H and O–H groups in total. The number of ether oxygens (including phenoxy) is 1. The topological polar surface area (TPSA) is 142 Å².